The van der Waals surface area contributed by atoms with Gasteiger partial charge in [-0.2, -0.15) is 5.26 Å². The Morgan fingerprint density at radius 2 is 1.94 bits per heavy atom. The van der Waals surface area contributed by atoms with E-state index in [1.165, 1.54) is 11.3 Å². The number of hydrogen-bond acceptors (Lipinski definition) is 6. The summed E-state index contributed by atoms with van der Waals surface area (Å²) in [6, 6.07) is 22.0. The summed E-state index contributed by atoms with van der Waals surface area (Å²) in [6.45, 7) is 4.68. The van der Waals surface area contributed by atoms with Crippen LogP contribution < -0.4 is 15.5 Å². The number of fused-ring (bicyclic) bond motifs is 2. The summed E-state index contributed by atoms with van der Waals surface area (Å²) >= 11 is 1.48. The van der Waals surface area contributed by atoms with Gasteiger partial charge in [-0.05, 0) is 42.5 Å². The average Bonchev–Trinajstić information content (AvgIpc) is 3.35. The molecular weight excluding hydrogens is 470 g/mol. The van der Waals surface area contributed by atoms with Crippen LogP contribution in [0.25, 0.3) is 10.6 Å². The Balaban J connectivity index is 1.33. The van der Waals surface area contributed by atoms with Crippen LogP contribution in [0.3, 0.4) is 0 Å². The van der Waals surface area contributed by atoms with Crippen molar-refractivity contribution in [1.29, 1.82) is 5.26 Å². The Morgan fingerprint density at radius 1 is 1.14 bits per heavy atom. The predicted octanol–water partition coefficient (Wildman–Crippen LogP) is 5.50. The van der Waals surface area contributed by atoms with E-state index in [9.17, 15) is 9.59 Å². The van der Waals surface area contributed by atoms with Crippen LogP contribution in [0.5, 0.6) is 0 Å². The molecule has 1 aliphatic rings. The summed E-state index contributed by atoms with van der Waals surface area (Å²) in [5, 5.41) is 15.7. The first kappa shape index (κ1) is 23.0. The zero-order valence-electron chi connectivity index (χ0n) is 19.2. The molecule has 1 aromatic heterocycles. The van der Waals surface area contributed by atoms with Gasteiger partial charge in [0.05, 0.1) is 40.8 Å². The number of thiazole rings is 1. The van der Waals surface area contributed by atoms with E-state index in [1.54, 1.807) is 42.6 Å². The fraction of sp³-hybridized carbons (Fsp3) is 0.0714. The molecule has 2 amide bonds. The van der Waals surface area contributed by atoms with Crippen molar-refractivity contribution in [1.82, 2.24) is 10.3 Å². The summed E-state index contributed by atoms with van der Waals surface area (Å²) < 4.78 is 0. The lowest BCUT2D eigenvalue weighted by Gasteiger charge is -2.24. The van der Waals surface area contributed by atoms with E-state index in [0.29, 0.717) is 35.5 Å². The molecule has 5 rings (SSSR count). The van der Waals surface area contributed by atoms with Crippen molar-refractivity contribution in [3.63, 3.8) is 0 Å². The summed E-state index contributed by atoms with van der Waals surface area (Å²) in [7, 11) is 0. The lowest BCUT2D eigenvalue weighted by Crippen LogP contribution is -2.23. The highest BCUT2D eigenvalue weighted by Gasteiger charge is 2.25. The number of carbonyl (C=O) groups excluding carboxylic acids is 2. The summed E-state index contributed by atoms with van der Waals surface area (Å²) in [5.41, 5.74) is 4.65. The molecule has 176 valence electrons. The van der Waals surface area contributed by atoms with E-state index in [2.05, 4.69) is 28.3 Å². The molecule has 2 N–H and O–H groups in total. The Morgan fingerprint density at radius 3 is 2.72 bits per heavy atom. The molecule has 0 unspecified atom stereocenters. The topological polar surface area (TPSA) is 98.1 Å². The van der Waals surface area contributed by atoms with Crippen molar-refractivity contribution in [3.05, 3.63) is 107 Å². The molecule has 0 saturated heterocycles. The van der Waals surface area contributed by atoms with Crippen molar-refractivity contribution in [2.75, 3.05) is 16.8 Å². The standard InChI is InChI=1S/C28H21N5O2S/c1-2-13-33-24-6-4-3-5-22(24)27(35)32-23-14-20(11-12-25(23)33)26(34)30-16-21-17-31-28(36-21)19-9-7-18(15-29)8-10-19/h2-12,14,17H,1,13,16H2,(H,30,34)(H,32,35). The molecule has 7 nitrogen and oxygen atoms in total. The van der Waals surface area contributed by atoms with Gasteiger partial charge in [0.15, 0.2) is 0 Å². The minimum atomic E-state index is -0.252. The molecule has 8 heteroatoms. The highest BCUT2D eigenvalue weighted by atomic mass is 32.1. The number of nitriles is 1. The molecule has 4 aromatic rings. The molecule has 0 saturated carbocycles. The van der Waals surface area contributed by atoms with Crippen molar-refractivity contribution in [3.8, 4) is 16.6 Å². The van der Waals surface area contributed by atoms with Gasteiger partial charge in [-0.3, -0.25) is 9.59 Å². The van der Waals surface area contributed by atoms with E-state index < -0.39 is 0 Å². The maximum Gasteiger partial charge on any atom is 0.257 e. The Hall–Kier alpha value is -4.74. The maximum absolute atomic E-state index is 12.9. The number of nitrogens with one attached hydrogen (secondary N) is 2. The largest absolute Gasteiger partial charge is 0.347 e. The molecule has 0 spiro atoms. The number of hydrogen-bond donors (Lipinski definition) is 2. The second-order valence-electron chi connectivity index (χ2n) is 8.11. The fourth-order valence-corrected chi connectivity index (χ4v) is 4.90. The zero-order chi connectivity index (χ0) is 25.1. The van der Waals surface area contributed by atoms with E-state index in [4.69, 9.17) is 5.26 Å². The normalized spacial score (nSPS) is 12.0. The van der Waals surface area contributed by atoms with E-state index >= 15 is 0 Å². The molecule has 1 aliphatic heterocycles. The third-order valence-electron chi connectivity index (χ3n) is 5.79. The van der Waals surface area contributed by atoms with Gasteiger partial charge in [-0.15, -0.1) is 17.9 Å². The molecule has 0 bridgehead atoms. The second-order valence-corrected chi connectivity index (χ2v) is 9.22. The third kappa shape index (κ3) is 4.48. The third-order valence-corrected chi connectivity index (χ3v) is 6.83. The quantitative estimate of drug-likeness (QED) is 0.347. The summed E-state index contributed by atoms with van der Waals surface area (Å²) in [5.74, 6) is -0.478. The molecule has 0 aliphatic carbocycles. The van der Waals surface area contributed by atoms with Crippen LogP contribution >= 0.6 is 11.3 Å². The SMILES string of the molecule is C=CCN1c2ccc(C(=O)NCc3cnc(-c4ccc(C#N)cc4)s3)cc2NC(=O)c2ccccc21. The number of carbonyl (C=O) groups is 2. The summed E-state index contributed by atoms with van der Waals surface area (Å²) in [6.07, 6.45) is 3.51. The van der Waals surface area contributed by atoms with Gasteiger partial charge in [-0.25, -0.2) is 4.98 Å². The molecule has 36 heavy (non-hydrogen) atoms. The van der Waals surface area contributed by atoms with Crippen LogP contribution in [0.2, 0.25) is 0 Å². The maximum atomic E-state index is 12.9. The minimum absolute atomic E-state index is 0.226. The van der Waals surface area contributed by atoms with Crippen molar-refractivity contribution in [2.24, 2.45) is 0 Å². The van der Waals surface area contributed by atoms with Crippen molar-refractivity contribution >= 4 is 40.2 Å². The number of rotatable bonds is 6. The number of para-hydroxylation sites is 1. The number of anilines is 3. The number of benzene rings is 3. The van der Waals surface area contributed by atoms with Gasteiger partial charge < -0.3 is 15.5 Å². The van der Waals surface area contributed by atoms with E-state index in [0.717, 1.165) is 26.8 Å². The van der Waals surface area contributed by atoms with E-state index in [-0.39, 0.29) is 11.8 Å². The van der Waals surface area contributed by atoms with Gasteiger partial charge in [0.1, 0.15) is 5.01 Å². The summed E-state index contributed by atoms with van der Waals surface area (Å²) in [4.78, 5) is 33.2. The number of nitrogens with zero attached hydrogens (tertiary/aromatic N) is 3. The number of aromatic nitrogens is 1. The predicted molar refractivity (Wildman–Crippen MR) is 141 cm³/mol. The Labute approximate surface area is 212 Å². The van der Waals surface area contributed by atoms with Gasteiger partial charge >= 0.3 is 0 Å². The van der Waals surface area contributed by atoms with E-state index in [1.807, 2.05) is 41.3 Å². The van der Waals surface area contributed by atoms with Gasteiger partial charge in [0.2, 0.25) is 0 Å². The molecule has 0 radical (unpaired) electrons. The lowest BCUT2D eigenvalue weighted by molar-refractivity contribution is 0.0950. The fourth-order valence-electron chi connectivity index (χ4n) is 4.04. The first-order valence-electron chi connectivity index (χ1n) is 11.2. The average molecular weight is 492 g/mol. The van der Waals surface area contributed by atoms with Crippen LogP contribution in [0, 0.1) is 11.3 Å². The van der Waals surface area contributed by atoms with Gasteiger partial charge in [0, 0.05) is 28.7 Å². The first-order valence-corrected chi connectivity index (χ1v) is 12.1. The second kappa shape index (κ2) is 9.86. The van der Waals surface area contributed by atoms with Crippen LogP contribution in [-0.2, 0) is 6.54 Å². The van der Waals surface area contributed by atoms with Gasteiger partial charge in [0.25, 0.3) is 11.8 Å². The Bertz CT molecular complexity index is 1520. The van der Waals surface area contributed by atoms with Crippen LogP contribution in [0.1, 0.15) is 31.2 Å². The van der Waals surface area contributed by atoms with Crippen LogP contribution in [0.4, 0.5) is 17.1 Å². The van der Waals surface area contributed by atoms with Gasteiger partial charge in [-0.1, -0.05) is 30.3 Å². The zero-order valence-corrected chi connectivity index (χ0v) is 20.0. The van der Waals surface area contributed by atoms with Crippen LogP contribution in [0.15, 0.2) is 85.6 Å². The van der Waals surface area contributed by atoms with Crippen molar-refractivity contribution < 1.29 is 9.59 Å². The molecule has 0 atom stereocenters. The highest BCUT2D eigenvalue weighted by molar-refractivity contribution is 7.15. The lowest BCUT2D eigenvalue weighted by atomic mass is 10.1. The van der Waals surface area contributed by atoms with Crippen molar-refractivity contribution in [2.45, 2.75) is 6.54 Å². The van der Waals surface area contributed by atoms with Crippen LogP contribution in [-0.4, -0.2) is 23.3 Å². The number of amides is 2. The molecule has 3 aromatic carbocycles. The minimum Gasteiger partial charge on any atom is -0.347 e. The molecule has 2 heterocycles. The smallest absolute Gasteiger partial charge is 0.257 e. The Kier molecular flexibility index (Phi) is 6.31. The highest BCUT2D eigenvalue weighted by Crippen LogP contribution is 2.38. The molecule has 0 fully saturated rings. The molecular formula is C28H21N5O2S. The monoisotopic (exact) mass is 491 g/mol. The first-order chi connectivity index (χ1) is 17.6.